The molecule has 4 rings (SSSR count). The van der Waals surface area contributed by atoms with Gasteiger partial charge in [0.15, 0.2) is 5.16 Å². The molecule has 2 heterocycles. The molecule has 0 saturated heterocycles. The van der Waals surface area contributed by atoms with E-state index in [2.05, 4.69) is 50.9 Å². The van der Waals surface area contributed by atoms with Gasteiger partial charge in [0.05, 0.1) is 11.4 Å². The summed E-state index contributed by atoms with van der Waals surface area (Å²) in [6.07, 6.45) is 0.697. The predicted molar refractivity (Wildman–Crippen MR) is 134 cm³/mol. The van der Waals surface area contributed by atoms with E-state index in [0.29, 0.717) is 31.0 Å². The van der Waals surface area contributed by atoms with Crippen LogP contribution < -0.4 is 0 Å². The Hall–Kier alpha value is -2.97. The number of amides is 1. The van der Waals surface area contributed by atoms with E-state index in [1.54, 1.807) is 16.7 Å². The molecule has 0 unspecified atom stereocenters. The maximum Gasteiger partial charge on any atom is 0.273 e. The minimum absolute atomic E-state index is 0.0132. The third kappa shape index (κ3) is 5.34. The van der Waals surface area contributed by atoms with E-state index in [4.69, 9.17) is 0 Å². The van der Waals surface area contributed by atoms with Crippen molar-refractivity contribution in [1.29, 1.82) is 0 Å². The van der Waals surface area contributed by atoms with Gasteiger partial charge >= 0.3 is 0 Å². The van der Waals surface area contributed by atoms with Crippen molar-refractivity contribution in [1.82, 2.24) is 24.6 Å². The molecule has 4 aromatic rings. The molecule has 33 heavy (non-hydrogen) atoms. The third-order valence-corrected chi connectivity index (χ3v) is 7.38. The fraction of sp³-hybridized carbons (Fsp3) is 0.280. The van der Waals surface area contributed by atoms with Crippen LogP contribution in [0, 0.1) is 6.92 Å². The van der Waals surface area contributed by atoms with Crippen molar-refractivity contribution in [3.8, 4) is 5.69 Å². The average Bonchev–Trinajstić information content (AvgIpc) is 3.47. The van der Waals surface area contributed by atoms with Crippen LogP contribution in [-0.2, 0) is 12.2 Å². The molecule has 0 aliphatic rings. The summed E-state index contributed by atoms with van der Waals surface area (Å²) in [5.74, 6) is 1.52. The summed E-state index contributed by atoms with van der Waals surface area (Å²) < 4.78 is 2.14. The first-order chi connectivity index (χ1) is 16.1. The quantitative estimate of drug-likeness (QED) is 0.302. The fourth-order valence-electron chi connectivity index (χ4n) is 3.62. The zero-order valence-corrected chi connectivity index (χ0v) is 20.7. The van der Waals surface area contributed by atoms with E-state index in [1.165, 1.54) is 16.9 Å². The summed E-state index contributed by atoms with van der Waals surface area (Å²) in [4.78, 5) is 19.0. The van der Waals surface area contributed by atoms with Crippen LogP contribution in [0.4, 0.5) is 0 Å². The summed E-state index contributed by atoms with van der Waals surface area (Å²) in [6, 6.07) is 18.6. The Balaban J connectivity index is 1.58. The second-order valence-electron chi connectivity index (χ2n) is 7.58. The predicted octanol–water partition coefficient (Wildman–Crippen LogP) is 5.40. The topological polar surface area (TPSA) is 63.9 Å². The Morgan fingerprint density at radius 3 is 2.48 bits per heavy atom. The van der Waals surface area contributed by atoms with Crippen molar-refractivity contribution in [2.75, 3.05) is 13.1 Å². The van der Waals surface area contributed by atoms with Crippen LogP contribution in [0.25, 0.3) is 5.69 Å². The molecule has 0 fully saturated rings. The Morgan fingerprint density at radius 2 is 1.76 bits per heavy atom. The second-order valence-corrected chi connectivity index (χ2v) is 9.46. The molecule has 0 radical (unpaired) electrons. The molecule has 1 amide bonds. The normalized spacial score (nSPS) is 11.0. The van der Waals surface area contributed by atoms with Crippen LogP contribution in [0.1, 0.15) is 46.3 Å². The maximum absolute atomic E-state index is 12.6. The van der Waals surface area contributed by atoms with Gasteiger partial charge in [0, 0.05) is 24.9 Å². The van der Waals surface area contributed by atoms with Gasteiger partial charge in [0.1, 0.15) is 16.5 Å². The molecule has 0 N–H and O–H groups in total. The fourth-order valence-corrected chi connectivity index (χ4v) is 5.37. The number of aryl methyl sites for hydroxylation is 1. The van der Waals surface area contributed by atoms with E-state index in [0.717, 1.165) is 27.2 Å². The molecule has 6 nitrogen and oxygen atoms in total. The first kappa shape index (κ1) is 23.2. The van der Waals surface area contributed by atoms with Crippen molar-refractivity contribution in [2.45, 2.75) is 38.1 Å². The first-order valence-electron chi connectivity index (χ1n) is 11.0. The number of para-hydroxylation sites is 1. The highest BCUT2D eigenvalue weighted by Gasteiger charge is 2.19. The molecular formula is C25H27N5OS2. The number of hydrogen-bond acceptors (Lipinski definition) is 6. The lowest BCUT2D eigenvalue weighted by atomic mass is 10.1. The molecule has 0 bridgehead atoms. The number of carbonyl (C=O) groups is 1. The van der Waals surface area contributed by atoms with Gasteiger partial charge in [-0.1, -0.05) is 60.3 Å². The smallest absolute Gasteiger partial charge is 0.273 e. The van der Waals surface area contributed by atoms with Crippen molar-refractivity contribution < 1.29 is 4.79 Å². The molecule has 0 atom stereocenters. The molecular weight excluding hydrogens is 450 g/mol. The summed E-state index contributed by atoms with van der Waals surface area (Å²) >= 11 is 3.11. The van der Waals surface area contributed by atoms with Crippen molar-refractivity contribution in [2.24, 2.45) is 0 Å². The first-order valence-corrected chi connectivity index (χ1v) is 12.9. The highest BCUT2D eigenvalue weighted by atomic mass is 32.2. The number of carbonyl (C=O) groups excluding carboxylic acids is 1. The second kappa shape index (κ2) is 10.8. The van der Waals surface area contributed by atoms with Gasteiger partial charge in [-0.15, -0.1) is 21.5 Å². The monoisotopic (exact) mass is 477 g/mol. The van der Waals surface area contributed by atoms with Crippen LogP contribution in [0.3, 0.4) is 0 Å². The Kier molecular flexibility index (Phi) is 7.57. The van der Waals surface area contributed by atoms with E-state index in [1.807, 2.05) is 49.6 Å². The summed E-state index contributed by atoms with van der Waals surface area (Å²) in [5, 5.41) is 12.6. The molecule has 0 aliphatic heterocycles. The Bertz CT molecular complexity index is 1210. The van der Waals surface area contributed by atoms with E-state index < -0.39 is 0 Å². The van der Waals surface area contributed by atoms with Crippen LogP contribution in [0.5, 0.6) is 0 Å². The highest BCUT2D eigenvalue weighted by Crippen LogP contribution is 2.28. The molecule has 170 valence electrons. The molecule has 0 aliphatic carbocycles. The number of aromatic nitrogens is 4. The number of rotatable bonds is 9. The largest absolute Gasteiger partial charge is 0.338 e. The number of hydrogen-bond donors (Lipinski definition) is 0. The Labute approximate surface area is 202 Å². The van der Waals surface area contributed by atoms with E-state index in [9.17, 15) is 4.79 Å². The Morgan fingerprint density at radius 1 is 1.03 bits per heavy atom. The zero-order valence-electron chi connectivity index (χ0n) is 19.1. The van der Waals surface area contributed by atoms with Gasteiger partial charge in [0.25, 0.3) is 5.91 Å². The molecule has 2 aromatic carbocycles. The highest BCUT2D eigenvalue weighted by molar-refractivity contribution is 7.98. The SMILES string of the molecule is CCN(CC)C(=O)c1csc(CSc2nnc(Cc3ccccc3)n2-c2ccccc2C)n1. The minimum Gasteiger partial charge on any atom is -0.338 e. The number of thiazole rings is 1. The number of thioether (sulfide) groups is 1. The van der Waals surface area contributed by atoms with Crippen LogP contribution in [0.2, 0.25) is 0 Å². The van der Waals surface area contributed by atoms with Crippen LogP contribution in [-0.4, -0.2) is 43.6 Å². The minimum atomic E-state index is -0.0132. The van der Waals surface area contributed by atoms with Gasteiger partial charge in [-0.2, -0.15) is 0 Å². The zero-order chi connectivity index (χ0) is 23.2. The van der Waals surface area contributed by atoms with Gasteiger partial charge in [-0.25, -0.2) is 4.98 Å². The average molecular weight is 478 g/mol. The van der Waals surface area contributed by atoms with Gasteiger partial charge in [0.2, 0.25) is 0 Å². The van der Waals surface area contributed by atoms with Crippen molar-refractivity contribution in [3.63, 3.8) is 0 Å². The third-order valence-electron chi connectivity index (χ3n) is 5.41. The van der Waals surface area contributed by atoms with Gasteiger partial charge < -0.3 is 4.90 Å². The lowest BCUT2D eigenvalue weighted by Crippen LogP contribution is -2.30. The van der Waals surface area contributed by atoms with Crippen molar-refractivity contribution >= 4 is 29.0 Å². The summed E-state index contributed by atoms with van der Waals surface area (Å²) in [7, 11) is 0. The summed E-state index contributed by atoms with van der Waals surface area (Å²) in [6.45, 7) is 7.43. The number of benzene rings is 2. The molecule has 2 aromatic heterocycles. The lowest BCUT2D eigenvalue weighted by molar-refractivity contribution is 0.0768. The summed E-state index contributed by atoms with van der Waals surface area (Å²) in [5.41, 5.74) is 3.95. The number of nitrogens with zero attached hydrogens (tertiary/aromatic N) is 5. The van der Waals surface area contributed by atoms with Gasteiger partial charge in [-0.05, 0) is 38.0 Å². The lowest BCUT2D eigenvalue weighted by Gasteiger charge is -2.16. The molecule has 0 spiro atoms. The standard InChI is InChI=1S/C25H27N5OS2/c1-4-29(5-2)24(31)20-16-32-23(26-20)17-33-25-28-27-22(15-19-12-7-6-8-13-19)30(25)21-14-10-9-11-18(21)3/h6-14,16H,4-5,15,17H2,1-3H3. The van der Waals surface area contributed by atoms with Crippen molar-refractivity contribution in [3.05, 3.63) is 87.6 Å². The van der Waals surface area contributed by atoms with Gasteiger partial charge in [-0.3, -0.25) is 9.36 Å². The maximum atomic E-state index is 12.6. The van der Waals surface area contributed by atoms with E-state index >= 15 is 0 Å². The van der Waals surface area contributed by atoms with Crippen LogP contribution >= 0.6 is 23.1 Å². The molecule has 8 heteroatoms. The van der Waals surface area contributed by atoms with Crippen LogP contribution in [0.15, 0.2) is 65.1 Å². The molecule has 0 saturated carbocycles. The van der Waals surface area contributed by atoms with E-state index in [-0.39, 0.29) is 5.91 Å².